The van der Waals surface area contributed by atoms with E-state index in [0.717, 1.165) is 38.0 Å². The van der Waals surface area contributed by atoms with E-state index in [-0.39, 0.29) is 0 Å². The highest BCUT2D eigenvalue weighted by Crippen LogP contribution is 2.33. The highest BCUT2D eigenvalue weighted by molar-refractivity contribution is 5.82. The maximum atomic E-state index is 4.96. The molecular formula is C18H21N5. The third-order valence-corrected chi connectivity index (χ3v) is 5.37. The number of rotatable bonds is 2. The Labute approximate surface area is 135 Å². The number of anilines is 1. The fourth-order valence-electron chi connectivity index (χ4n) is 4.20. The largest absolute Gasteiger partial charge is 0.351 e. The van der Waals surface area contributed by atoms with Gasteiger partial charge in [0.1, 0.15) is 0 Å². The van der Waals surface area contributed by atoms with Crippen molar-refractivity contribution < 1.29 is 0 Å². The molecule has 5 nitrogen and oxygen atoms in total. The van der Waals surface area contributed by atoms with Gasteiger partial charge in [0.05, 0.1) is 23.1 Å². The van der Waals surface area contributed by atoms with Crippen LogP contribution in [0.5, 0.6) is 0 Å². The first-order valence-corrected chi connectivity index (χ1v) is 8.62. The molecule has 5 heteroatoms. The maximum Gasteiger partial charge on any atom is 0.206 e. The first-order chi connectivity index (χ1) is 11.4. The number of hydrogen-bond donors (Lipinski definition) is 1. The van der Waals surface area contributed by atoms with E-state index in [2.05, 4.69) is 37.6 Å². The second kappa shape index (κ2) is 5.11. The molecule has 2 aliphatic rings. The molecular weight excluding hydrogens is 286 g/mol. The van der Waals surface area contributed by atoms with Crippen molar-refractivity contribution in [2.45, 2.75) is 38.1 Å². The van der Waals surface area contributed by atoms with Crippen LogP contribution in [0.25, 0.3) is 11.0 Å². The second-order valence-electron chi connectivity index (χ2n) is 6.71. The van der Waals surface area contributed by atoms with Gasteiger partial charge >= 0.3 is 0 Å². The molecule has 3 aromatic rings. The van der Waals surface area contributed by atoms with Crippen LogP contribution in [0.3, 0.4) is 0 Å². The molecule has 2 aromatic heterocycles. The zero-order chi connectivity index (χ0) is 15.2. The van der Waals surface area contributed by atoms with E-state index in [1.165, 1.54) is 35.6 Å². The molecule has 4 heterocycles. The molecule has 118 valence electrons. The number of aromatic nitrogens is 4. The topological polar surface area (TPSA) is 49.7 Å². The summed E-state index contributed by atoms with van der Waals surface area (Å²) in [6.07, 6.45) is 8.54. The predicted octanol–water partition coefficient (Wildman–Crippen LogP) is 3.09. The first-order valence-electron chi connectivity index (χ1n) is 8.62. The lowest BCUT2D eigenvalue weighted by molar-refractivity contribution is 0.484. The molecule has 1 N–H and O–H groups in total. The Hall–Kier alpha value is -2.30. The summed E-state index contributed by atoms with van der Waals surface area (Å²) in [6.45, 7) is 3.23. The Bertz CT molecular complexity index is 825. The van der Waals surface area contributed by atoms with E-state index in [1.54, 1.807) is 6.33 Å². The van der Waals surface area contributed by atoms with E-state index in [4.69, 9.17) is 4.98 Å². The smallest absolute Gasteiger partial charge is 0.206 e. The fourth-order valence-corrected chi connectivity index (χ4v) is 4.20. The van der Waals surface area contributed by atoms with Crippen LogP contribution in [-0.4, -0.2) is 32.6 Å². The van der Waals surface area contributed by atoms with Crippen molar-refractivity contribution >= 4 is 17.0 Å². The van der Waals surface area contributed by atoms with Crippen LogP contribution < -0.4 is 4.90 Å². The van der Waals surface area contributed by atoms with Crippen molar-refractivity contribution in [3.8, 4) is 0 Å². The maximum absolute atomic E-state index is 4.96. The van der Waals surface area contributed by atoms with E-state index in [9.17, 15) is 0 Å². The average molecular weight is 307 g/mol. The van der Waals surface area contributed by atoms with Gasteiger partial charge in [0.2, 0.25) is 5.95 Å². The van der Waals surface area contributed by atoms with Gasteiger partial charge in [0.25, 0.3) is 0 Å². The number of nitrogens with zero attached hydrogens (tertiary/aromatic N) is 4. The zero-order valence-corrected chi connectivity index (χ0v) is 13.2. The minimum Gasteiger partial charge on any atom is -0.351 e. The van der Waals surface area contributed by atoms with Gasteiger partial charge in [-0.25, -0.2) is 9.97 Å². The quantitative estimate of drug-likeness (QED) is 0.791. The Morgan fingerprint density at radius 1 is 1.13 bits per heavy atom. The van der Waals surface area contributed by atoms with Crippen molar-refractivity contribution in [1.82, 2.24) is 19.5 Å². The number of benzene rings is 1. The summed E-state index contributed by atoms with van der Waals surface area (Å²) in [6, 6.07) is 6.56. The highest BCUT2D eigenvalue weighted by atomic mass is 15.3. The number of nitrogens with one attached hydrogen (secondary N) is 1. The molecule has 1 fully saturated rings. The lowest BCUT2D eigenvalue weighted by Crippen LogP contribution is -2.35. The number of hydrogen-bond acceptors (Lipinski definition) is 3. The van der Waals surface area contributed by atoms with Crippen molar-refractivity contribution in [3.05, 3.63) is 42.0 Å². The Balaban J connectivity index is 1.45. The molecule has 1 saturated heterocycles. The zero-order valence-electron chi connectivity index (χ0n) is 13.2. The van der Waals surface area contributed by atoms with Gasteiger partial charge in [-0.3, -0.25) is 0 Å². The van der Waals surface area contributed by atoms with Crippen LogP contribution >= 0.6 is 0 Å². The first kappa shape index (κ1) is 13.2. The van der Waals surface area contributed by atoms with Gasteiger partial charge < -0.3 is 14.5 Å². The van der Waals surface area contributed by atoms with Crippen LogP contribution in [0, 0.1) is 0 Å². The van der Waals surface area contributed by atoms with Crippen LogP contribution in [0.2, 0.25) is 0 Å². The predicted molar refractivity (Wildman–Crippen MR) is 90.8 cm³/mol. The van der Waals surface area contributed by atoms with Gasteiger partial charge in [-0.15, -0.1) is 0 Å². The van der Waals surface area contributed by atoms with Gasteiger partial charge in [0, 0.05) is 31.7 Å². The fraction of sp³-hybridized carbons (Fsp3) is 0.444. The summed E-state index contributed by atoms with van der Waals surface area (Å²) in [4.78, 5) is 14.9. The monoisotopic (exact) mass is 307 g/mol. The van der Waals surface area contributed by atoms with Crippen LogP contribution in [0.4, 0.5) is 5.95 Å². The van der Waals surface area contributed by atoms with E-state index in [1.807, 2.05) is 6.20 Å². The molecule has 0 spiro atoms. The minimum absolute atomic E-state index is 0.582. The Kier molecular flexibility index (Phi) is 2.93. The number of piperidine rings is 1. The van der Waals surface area contributed by atoms with Crippen molar-refractivity contribution in [1.29, 1.82) is 0 Å². The number of H-pyrrole nitrogens is 1. The van der Waals surface area contributed by atoms with Crippen molar-refractivity contribution in [3.63, 3.8) is 0 Å². The molecule has 23 heavy (non-hydrogen) atoms. The normalized spacial score (nSPS) is 18.7. The Morgan fingerprint density at radius 3 is 2.87 bits per heavy atom. The summed E-state index contributed by atoms with van der Waals surface area (Å²) in [7, 11) is 0. The molecule has 0 amide bonds. The molecule has 0 bridgehead atoms. The van der Waals surface area contributed by atoms with Crippen LogP contribution in [0.1, 0.15) is 36.4 Å². The van der Waals surface area contributed by atoms with E-state index < -0.39 is 0 Å². The molecule has 0 radical (unpaired) electrons. The van der Waals surface area contributed by atoms with E-state index >= 15 is 0 Å². The molecule has 0 aliphatic carbocycles. The second-order valence-corrected chi connectivity index (χ2v) is 6.71. The average Bonchev–Trinajstić information content (AvgIpc) is 3.25. The number of para-hydroxylation sites is 1. The number of aromatic amines is 1. The molecule has 5 rings (SSSR count). The van der Waals surface area contributed by atoms with Gasteiger partial charge in [-0.1, -0.05) is 12.1 Å². The van der Waals surface area contributed by atoms with Crippen molar-refractivity contribution in [2.75, 3.05) is 18.0 Å². The van der Waals surface area contributed by atoms with Gasteiger partial charge in [0.15, 0.2) is 0 Å². The summed E-state index contributed by atoms with van der Waals surface area (Å²) in [5.74, 6) is 1.76. The SMILES string of the molecule is c1cc2c3c(c1)nc(N1CCC(c4c[nH]cn4)CC1)n3CCC2. The summed E-state index contributed by atoms with van der Waals surface area (Å²) >= 11 is 0. The lowest BCUT2D eigenvalue weighted by atomic mass is 9.94. The standard InChI is InChI=1S/C18H21N5/c1-3-14-4-2-8-23-17(14)15(5-1)21-18(23)22-9-6-13(7-10-22)16-11-19-12-20-16/h1,3,5,11-13H,2,4,6-10H2,(H,19,20). The third kappa shape index (κ3) is 2.06. The molecule has 0 saturated carbocycles. The summed E-state index contributed by atoms with van der Waals surface area (Å²) in [5, 5.41) is 0. The number of aryl methyl sites for hydroxylation is 2. The lowest BCUT2D eigenvalue weighted by Gasteiger charge is -2.32. The minimum atomic E-state index is 0.582. The third-order valence-electron chi connectivity index (χ3n) is 5.37. The summed E-state index contributed by atoms with van der Waals surface area (Å²) in [5.41, 5.74) is 5.19. The van der Waals surface area contributed by atoms with Gasteiger partial charge in [-0.2, -0.15) is 0 Å². The molecule has 1 aromatic carbocycles. The van der Waals surface area contributed by atoms with Crippen LogP contribution in [0.15, 0.2) is 30.7 Å². The molecule has 0 atom stereocenters. The van der Waals surface area contributed by atoms with E-state index in [0.29, 0.717) is 5.92 Å². The van der Waals surface area contributed by atoms with Crippen molar-refractivity contribution in [2.24, 2.45) is 0 Å². The van der Waals surface area contributed by atoms with Crippen LogP contribution in [-0.2, 0) is 13.0 Å². The highest BCUT2D eigenvalue weighted by Gasteiger charge is 2.26. The Morgan fingerprint density at radius 2 is 2.04 bits per heavy atom. The molecule has 2 aliphatic heterocycles. The van der Waals surface area contributed by atoms with Gasteiger partial charge in [-0.05, 0) is 37.3 Å². The number of imidazole rings is 2. The summed E-state index contributed by atoms with van der Waals surface area (Å²) < 4.78 is 2.45. The molecule has 0 unspecified atom stereocenters.